The Morgan fingerprint density at radius 2 is 2.17 bits per heavy atom. The van der Waals surface area contributed by atoms with Crippen LogP contribution in [0.1, 0.15) is 46.0 Å². The fourth-order valence-electron chi connectivity index (χ4n) is 1.70. The van der Waals surface area contributed by atoms with Crippen molar-refractivity contribution < 1.29 is 5.11 Å². The van der Waals surface area contributed by atoms with Gasteiger partial charge in [0, 0.05) is 6.04 Å². The van der Waals surface area contributed by atoms with Crippen molar-refractivity contribution in [2.75, 3.05) is 6.54 Å². The third kappa shape index (κ3) is 4.07. The number of hydrogen-bond acceptors (Lipinski definition) is 2. The molecule has 2 N–H and O–H groups in total. The van der Waals surface area contributed by atoms with Crippen LogP contribution in [0.15, 0.2) is 0 Å². The van der Waals surface area contributed by atoms with E-state index >= 15 is 0 Å². The van der Waals surface area contributed by atoms with Crippen LogP contribution in [0.3, 0.4) is 0 Å². The standard InChI is InChI=1S/C10H21NO/c1-10(2,12)7-6-9-5-3-4-8-11-9/h9,11-12H,3-8H2,1-2H3/t9-/m0/s1. The van der Waals surface area contributed by atoms with Gasteiger partial charge in [-0.05, 0) is 46.1 Å². The predicted octanol–water partition coefficient (Wildman–Crippen LogP) is 1.68. The lowest BCUT2D eigenvalue weighted by Crippen LogP contribution is -2.35. The lowest BCUT2D eigenvalue weighted by Gasteiger charge is -2.26. The van der Waals surface area contributed by atoms with E-state index in [2.05, 4.69) is 5.32 Å². The minimum Gasteiger partial charge on any atom is -0.390 e. The van der Waals surface area contributed by atoms with Gasteiger partial charge in [0.2, 0.25) is 0 Å². The average Bonchev–Trinajstić information content (AvgIpc) is 2.02. The molecular formula is C10H21NO. The highest BCUT2D eigenvalue weighted by Crippen LogP contribution is 2.17. The Bertz CT molecular complexity index is 122. The molecule has 0 bridgehead atoms. The second-order valence-corrected chi connectivity index (χ2v) is 4.50. The monoisotopic (exact) mass is 171 g/mol. The van der Waals surface area contributed by atoms with Crippen molar-refractivity contribution in [2.45, 2.75) is 57.6 Å². The summed E-state index contributed by atoms with van der Waals surface area (Å²) in [7, 11) is 0. The SMILES string of the molecule is CC(C)(O)CC[C@@H]1CCCCN1. The molecular weight excluding hydrogens is 150 g/mol. The first-order valence-electron chi connectivity index (χ1n) is 5.04. The number of aliphatic hydroxyl groups is 1. The Kier molecular flexibility index (Phi) is 3.53. The Hall–Kier alpha value is -0.0800. The fourth-order valence-corrected chi connectivity index (χ4v) is 1.70. The van der Waals surface area contributed by atoms with Crippen molar-refractivity contribution in [2.24, 2.45) is 0 Å². The van der Waals surface area contributed by atoms with E-state index in [9.17, 15) is 5.11 Å². The summed E-state index contributed by atoms with van der Waals surface area (Å²) in [5.41, 5.74) is -0.487. The fraction of sp³-hybridized carbons (Fsp3) is 1.00. The second-order valence-electron chi connectivity index (χ2n) is 4.50. The Morgan fingerprint density at radius 3 is 2.67 bits per heavy atom. The van der Waals surface area contributed by atoms with Crippen molar-refractivity contribution >= 4 is 0 Å². The van der Waals surface area contributed by atoms with Crippen LogP contribution in [0.2, 0.25) is 0 Å². The van der Waals surface area contributed by atoms with Gasteiger partial charge in [-0.3, -0.25) is 0 Å². The number of hydrogen-bond donors (Lipinski definition) is 2. The Labute approximate surface area is 75.4 Å². The van der Waals surface area contributed by atoms with E-state index in [1.54, 1.807) is 0 Å². The molecule has 0 spiro atoms. The molecule has 0 aromatic carbocycles. The molecule has 2 nitrogen and oxygen atoms in total. The summed E-state index contributed by atoms with van der Waals surface area (Å²) in [6.07, 6.45) is 5.98. The summed E-state index contributed by atoms with van der Waals surface area (Å²) in [5, 5.41) is 13.0. The van der Waals surface area contributed by atoms with Gasteiger partial charge in [0.25, 0.3) is 0 Å². The summed E-state index contributed by atoms with van der Waals surface area (Å²) in [5.74, 6) is 0. The zero-order chi connectivity index (χ0) is 9.03. The van der Waals surface area contributed by atoms with Gasteiger partial charge in [0.1, 0.15) is 0 Å². The molecule has 0 aromatic rings. The van der Waals surface area contributed by atoms with E-state index < -0.39 is 5.60 Å². The van der Waals surface area contributed by atoms with Gasteiger partial charge in [-0.2, -0.15) is 0 Å². The highest BCUT2D eigenvalue weighted by atomic mass is 16.3. The quantitative estimate of drug-likeness (QED) is 0.677. The molecule has 1 fully saturated rings. The molecule has 2 heteroatoms. The molecule has 0 aromatic heterocycles. The number of piperidine rings is 1. The first-order valence-corrected chi connectivity index (χ1v) is 5.04. The van der Waals surface area contributed by atoms with Gasteiger partial charge in [0.05, 0.1) is 5.60 Å². The van der Waals surface area contributed by atoms with E-state index in [4.69, 9.17) is 0 Å². The highest BCUT2D eigenvalue weighted by molar-refractivity contribution is 4.75. The molecule has 1 saturated heterocycles. The van der Waals surface area contributed by atoms with Gasteiger partial charge in [-0.15, -0.1) is 0 Å². The summed E-state index contributed by atoms with van der Waals surface area (Å²) in [6.45, 7) is 4.93. The van der Waals surface area contributed by atoms with Gasteiger partial charge < -0.3 is 10.4 Å². The zero-order valence-electron chi connectivity index (χ0n) is 8.27. The van der Waals surface area contributed by atoms with E-state index in [1.165, 1.54) is 19.3 Å². The number of nitrogens with one attached hydrogen (secondary N) is 1. The van der Waals surface area contributed by atoms with Crippen molar-refractivity contribution in [1.29, 1.82) is 0 Å². The minimum absolute atomic E-state index is 0.487. The molecule has 1 aliphatic heterocycles. The molecule has 1 aliphatic rings. The van der Waals surface area contributed by atoms with E-state index in [0.717, 1.165) is 19.4 Å². The smallest absolute Gasteiger partial charge is 0.0592 e. The van der Waals surface area contributed by atoms with Crippen molar-refractivity contribution in [1.82, 2.24) is 5.32 Å². The largest absolute Gasteiger partial charge is 0.390 e. The zero-order valence-corrected chi connectivity index (χ0v) is 8.27. The Balaban J connectivity index is 2.13. The van der Waals surface area contributed by atoms with E-state index in [1.807, 2.05) is 13.8 Å². The van der Waals surface area contributed by atoms with Crippen LogP contribution in [-0.4, -0.2) is 23.3 Å². The molecule has 72 valence electrons. The topological polar surface area (TPSA) is 32.3 Å². The maximum absolute atomic E-state index is 9.52. The lowest BCUT2D eigenvalue weighted by molar-refractivity contribution is 0.0643. The normalized spacial score (nSPS) is 25.8. The molecule has 0 aliphatic carbocycles. The van der Waals surface area contributed by atoms with Crippen LogP contribution in [0.25, 0.3) is 0 Å². The summed E-state index contributed by atoms with van der Waals surface area (Å²) >= 11 is 0. The van der Waals surface area contributed by atoms with E-state index in [-0.39, 0.29) is 0 Å². The van der Waals surface area contributed by atoms with Gasteiger partial charge in [-0.1, -0.05) is 6.42 Å². The van der Waals surface area contributed by atoms with Gasteiger partial charge >= 0.3 is 0 Å². The lowest BCUT2D eigenvalue weighted by atomic mass is 9.94. The van der Waals surface area contributed by atoms with E-state index in [0.29, 0.717) is 6.04 Å². The molecule has 1 heterocycles. The van der Waals surface area contributed by atoms with Crippen LogP contribution in [0.5, 0.6) is 0 Å². The minimum atomic E-state index is -0.487. The molecule has 0 amide bonds. The van der Waals surface area contributed by atoms with Crippen LogP contribution < -0.4 is 5.32 Å². The van der Waals surface area contributed by atoms with Gasteiger partial charge in [0.15, 0.2) is 0 Å². The van der Waals surface area contributed by atoms with Crippen LogP contribution >= 0.6 is 0 Å². The molecule has 12 heavy (non-hydrogen) atoms. The average molecular weight is 171 g/mol. The molecule has 1 rings (SSSR count). The Morgan fingerprint density at radius 1 is 1.42 bits per heavy atom. The molecule has 0 radical (unpaired) electrons. The van der Waals surface area contributed by atoms with Crippen molar-refractivity contribution in [3.63, 3.8) is 0 Å². The summed E-state index contributed by atoms with van der Waals surface area (Å²) in [4.78, 5) is 0. The first kappa shape index (κ1) is 10.0. The van der Waals surface area contributed by atoms with Crippen LogP contribution in [-0.2, 0) is 0 Å². The van der Waals surface area contributed by atoms with Crippen LogP contribution in [0.4, 0.5) is 0 Å². The highest BCUT2D eigenvalue weighted by Gasteiger charge is 2.17. The number of rotatable bonds is 3. The van der Waals surface area contributed by atoms with Crippen molar-refractivity contribution in [3.05, 3.63) is 0 Å². The predicted molar refractivity (Wildman–Crippen MR) is 51.2 cm³/mol. The van der Waals surface area contributed by atoms with Gasteiger partial charge in [-0.25, -0.2) is 0 Å². The second kappa shape index (κ2) is 4.24. The van der Waals surface area contributed by atoms with Crippen LogP contribution in [0, 0.1) is 0 Å². The molecule has 0 saturated carbocycles. The third-order valence-corrected chi connectivity index (χ3v) is 2.52. The summed E-state index contributed by atoms with van der Waals surface area (Å²) in [6, 6.07) is 0.658. The maximum atomic E-state index is 9.52. The van der Waals surface area contributed by atoms with Crippen molar-refractivity contribution in [3.8, 4) is 0 Å². The first-order chi connectivity index (χ1) is 5.58. The molecule has 1 atom stereocenters. The third-order valence-electron chi connectivity index (χ3n) is 2.52. The molecule has 0 unspecified atom stereocenters. The maximum Gasteiger partial charge on any atom is 0.0592 e. The summed E-state index contributed by atoms with van der Waals surface area (Å²) < 4.78 is 0.